The van der Waals surface area contributed by atoms with E-state index < -0.39 is 0 Å². The topological polar surface area (TPSA) is 15.3 Å². The monoisotopic (exact) mass is 236 g/mol. The van der Waals surface area contributed by atoms with Crippen molar-refractivity contribution in [3.05, 3.63) is 12.3 Å². The molecule has 2 fully saturated rings. The summed E-state index contributed by atoms with van der Waals surface area (Å²) in [6.45, 7) is 6.77. The van der Waals surface area contributed by atoms with Crippen LogP contribution in [0, 0.1) is 5.92 Å². The molecule has 0 atom stereocenters. The lowest BCUT2D eigenvalue weighted by molar-refractivity contribution is 0.216. The summed E-state index contributed by atoms with van der Waals surface area (Å²) in [5.41, 5.74) is 1.30. The van der Waals surface area contributed by atoms with Crippen LogP contribution in [0.1, 0.15) is 51.4 Å². The normalized spacial score (nSPS) is 24.8. The third-order valence-corrected chi connectivity index (χ3v) is 4.39. The fourth-order valence-electron chi connectivity index (χ4n) is 3.21. The third-order valence-electron chi connectivity index (χ3n) is 4.39. The van der Waals surface area contributed by atoms with E-state index in [0.29, 0.717) is 0 Å². The molecule has 0 amide bonds. The average molecular weight is 236 g/mol. The largest absolute Gasteiger partial charge is 0.386 e. The zero-order chi connectivity index (χ0) is 12.1. The average Bonchev–Trinajstić information content (AvgIpc) is 2.33. The van der Waals surface area contributed by atoms with Gasteiger partial charge in [-0.25, -0.2) is 0 Å². The summed E-state index contributed by atoms with van der Waals surface area (Å²) in [6, 6.07) is 0.725. The Morgan fingerprint density at radius 1 is 1.12 bits per heavy atom. The summed E-state index contributed by atoms with van der Waals surface area (Å²) in [4.78, 5) is 2.44. The standard InChI is InChI=1S/C15H28N2/c1-13(16-15-6-4-3-5-7-15)12-14-8-10-17(2)11-9-14/h14-16H,1,3-12H2,2H3. The fraction of sp³-hybridized carbons (Fsp3) is 0.867. The Balaban J connectivity index is 1.66. The van der Waals surface area contributed by atoms with Crippen LogP contribution in [0.3, 0.4) is 0 Å². The molecule has 2 heteroatoms. The lowest BCUT2D eigenvalue weighted by Gasteiger charge is -2.31. The first-order chi connectivity index (χ1) is 8.24. The van der Waals surface area contributed by atoms with E-state index in [-0.39, 0.29) is 0 Å². The lowest BCUT2D eigenvalue weighted by Crippen LogP contribution is -2.33. The van der Waals surface area contributed by atoms with E-state index >= 15 is 0 Å². The van der Waals surface area contributed by atoms with Crippen LogP contribution in [-0.2, 0) is 0 Å². The van der Waals surface area contributed by atoms with Crippen LogP contribution in [0.15, 0.2) is 12.3 Å². The summed E-state index contributed by atoms with van der Waals surface area (Å²) in [7, 11) is 2.23. The quantitative estimate of drug-likeness (QED) is 0.806. The van der Waals surface area contributed by atoms with Gasteiger partial charge in [0.25, 0.3) is 0 Å². The maximum atomic E-state index is 4.24. The molecule has 1 aliphatic carbocycles. The summed E-state index contributed by atoms with van der Waals surface area (Å²) < 4.78 is 0. The molecule has 1 saturated heterocycles. The van der Waals surface area contributed by atoms with Crippen molar-refractivity contribution in [1.82, 2.24) is 10.2 Å². The van der Waals surface area contributed by atoms with Crippen molar-refractivity contribution in [2.45, 2.75) is 57.4 Å². The number of allylic oxidation sites excluding steroid dienone is 1. The highest BCUT2D eigenvalue weighted by Crippen LogP contribution is 2.24. The van der Waals surface area contributed by atoms with Gasteiger partial charge in [0.05, 0.1) is 0 Å². The minimum absolute atomic E-state index is 0.725. The molecule has 17 heavy (non-hydrogen) atoms. The summed E-state index contributed by atoms with van der Waals surface area (Å²) in [6.07, 6.45) is 10.8. The van der Waals surface area contributed by atoms with Crippen molar-refractivity contribution in [3.8, 4) is 0 Å². The molecular formula is C15H28N2. The molecule has 2 aliphatic rings. The molecule has 1 saturated carbocycles. The van der Waals surface area contributed by atoms with Gasteiger partial charge in [-0.15, -0.1) is 0 Å². The SMILES string of the molecule is C=C(CC1CCN(C)CC1)NC1CCCCC1. The van der Waals surface area contributed by atoms with Crippen LogP contribution in [0.4, 0.5) is 0 Å². The van der Waals surface area contributed by atoms with Gasteiger partial charge < -0.3 is 10.2 Å². The van der Waals surface area contributed by atoms with E-state index in [9.17, 15) is 0 Å². The Morgan fingerprint density at radius 2 is 1.76 bits per heavy atom. The predicted octanol–water partition coefficient (Wildman–Crippen LogP) is 3.15. The summed E-state index contributed by atoms with van der Waals surface area (Å²) in [5.74, 6) is 0.870. The Labute approximate surface area is 106 Å². The molecule has 0 aromatic heterocycles. The molecule has 1 N–H and O–H groups in total. The molecule has 1 heterocycles. The Hall–Kier alpha value is -0.500. The predicted molar refractivity (Wildman–Crippen MR) is 74.0 cm³/mol. The minimum atomic E-state index is 0.725. The molecular weight excluding hydrogens is 208 g/mol. The maximum absolute atomic E-state index is 4.24. The van der Waals surface area contributed by atoms with E-state index in [1.54, 1.807) is 0 Å². The van der Waals surface area contributed by atoms with Gasteiger partial charge in [-0.1, -0.05) is 25.8 Å². The number of likely N-dealkylation sites (tertiary alicyclic amines) is 1. The van der Waals surface area contributed by atoms with Crippen LogP contribution in [0.25, 0.3) is 0 Å². The van der Waals surface area contributed by atoms with Crippen molar-refractivity contribution in [2.24, 2.45) is 5.92 Å². The van der Waals surface area contributed by atoms with E-state index in [4.69, 9.17) is 0 Å². The van der Waals surface area contributed by atoms with Gasteiger partial charge in [-0.2, -0.15) is 0 Å². The van der Waals surface area contributed by atoms with Crippen molar-refractivity contribution < 1.29 is 0 Å². The van der Waals surface area contributed by atoms with Crippen molar-refractivity contribution in [2.75, 3.05) is 20.1 Å². The number of hydrogen-bond acceptors (Lipinski definition) is 2. The molecule has 0 radical (unpaired) electrons. The molecule has 1 aliphatic heterocycles. The van der Waals surface area contributed by atoms with E-state index in [0.717, 1.165) is 12.0 Å². The second-order valence-corrected chi connectivity index (χ2v) is 6.03. The van der Waals surface area contributed by atoms with E-state index in [1.165, 1.54) is 70.2 Å². The van der Waals surface area contributed by atoms with Gasteiger partial charge in [-0.3, -0.25) is 0 Å². The number of hydrogen-bond donors (Lipinski definition) is 1. The molecule has 98 valence electrons. The Morgan fingerprint density at radius 3 is 2.41 bits per heavy atom. The zero-order valence-corrected chi connectivity index (χ0v) is 11.4. The van der Waals surface area contributed by atoms with Gasteiger partial charge in [-0.05, 0) is 58.2 Å². The van der Waals surface area contributed by atoms with Crippen molar-refractivity contribution in [1.29, 1.82) is 0 Å². The van der Waals surface area contributed by atoms with Gasteiger partial charge in [0.1, 0.15) is 0 Å². The van der Waals surface area contributed by atoms with Gasteiger partial charge in [0, 0.05) is 11.7 Å². The number of piperidine rings is 1. The molecule has 0 unspecified atom stereocenters. The van der Waals surface area contributed by atoms with E-state index in [1.807, 2.05) is 0 Å². The molecule has 2 rings (SSSR count). The maximum Gasteiger partial charge on any atom is 0.0258 e. The van der Waals surface area contributed by atoms with Crippen molar-refractivity contribution in [3.63, 3.8) is 0 Å². The lowest BCUT2D eigenvalue weighted by atomic mass is 9.91. The molecule has 0 aromatic rings. The van der Waals surface area contributed by atoms with E-state index in [2.05, 4.69) is 23.8 Å². The Bertz CT molecular complexity index is 235. The first-order valence-corrected chi connectivity index (χ1v) is 7.37. The van der Waals surface area contributed by atoms with Gasteiger partial charge in [0.15, 0.2) is 0 Å². The fourth-order valence-corrected chi connectivity index (χ4v) is 3.21. The highest BCUT2D eigenvalue weighted by atomic mass is 15.1. The highest BCUT2D eigenvalue weighted by Gasteiger charge is 2.19. The number of rotatable bonds is 4. The summed E-state index contributed by atoms with van der Waals surface area (Å²) in [5, 5.41) is 3.67. The minimum Gasteiger partial charge on any atom is -0.386 e. The Kier molecular flexibility index (Phi) is 4.90. The molecule has 0 spiro atoms. The van der Waals surface area contributed by atoms with Crippen LogP contribution in [0.2, 0.25) is 0 Å². The smallest absolute Gasteiger partial charge is 0.0258 e. The second-order valence-electron chi connectivity index (χ2n) is 6.03. The number of nitrogens with zero attached hydrogens (tertiary/aromatic N) is 1. The van der Waals surface area contributed by atoms with Crippen LogP contribution >= 0.6 is 0 Å². The van der Waals surface area contributed by atoms with Gasteiger partial charge >= 0.3 is 0 Å². The number of nitrogens with one attached hydrogen (secondary N) is 1. The molecule has 0 bridgehead atoms. The molecule has 0 aromatic carbocycles. The third kappa shape index (κ3) is 4.34. The van der Waals surface area contributed by atoms with Crippen molar-refractivity contribution >= 4 is 0 Å². The highest BCUT2D eigenvalue weighted by molar-refractivity contribution is 4.97. The zero-order valence-electron chi connectivity index (χ0n) is 11.4. The first kappa shape index (κ1) is 12.9. The molecule has 2 nitrogen and oxygen atoms in total. The van der Waals surface area contributed by atoms with Crippen LogP contribution < -0.4 is 5.32 Å². The van der Waals surface area contributed by atoms with Crippen LogP contribution in [0.5, 0.6) is 0 Å². The second kappa shape index (κ2) is 6.44. The first-order valence-electron chi connectivity index (χ1n) is 7.37. The van der Waals surface area contributed by atoms with Crippen LogP contribution in [-0.4, -0.2) is 31.1 Å². The summed E-state index contributed by atoms with van der Waals surface area (Å²) >= 11 is 0. The van der Waals surface area contributed by atoms with Gasteiger partial charge in [0.2, 0.25) is 0 Å².